The van der Waals surface area contributed by atoms with Crippen molar-refractivity contribution in [2.75, 3.05) is 0 Å². The summed E-state index contributed by atoms with van der Waals surface area (Å²) >= 11 is 0. The van der Waals surface area contributed by atoms with Gasteiger partial charge in [0.1, 0.15) is 5.60 Å². The van der Waals surface area contributed by atoms with Gasteiger partial charge < -0.3 is 10.1 Å². The van der Waals surface area contributed by atoms with Crippen LogP contribution in [-0.4, -0.2) is 17.7 Å². The fourth-order valence-corrected chi connectivity index (χ4v) is 6.45. The second kappa shape index (κ2) is 9.91. The quantitative estimate of drug-likeness (QED) is 0.515. The lowest BCUT2D eigenvalue weighted by Crippen LogP contribution is -2.41. The van der Waals surface area contributed by atoms with Gasteiger partial charge in [0.2, 0.25) is 0 Å². The number of nitrogens with one attached hydrogen (secondary N) is 1. The number of benzene rings is 3. The molecule has 0 spiro atoms. The first-order valence-corrected chi connectivity index (χ1v) is 11.7. The van der Waals surface area contributed by atoms with Gasteiger partial charge in [-0.05, 0) is 51.8 Å². The number of carbonyl (C=O) groups is 1. The van der Waals surface area contributed by atoms with Gasteiger partial charge in [0.15, 0.2) is 0 Å². The van der Waals surface area contributed by atoms with Crippen LogP contribution in [0.3, 0.4) is 0 Å². The Kier molecular flexibility index (Phi) is 7.29. The zero-order chi connectivity index (χ0) is 21.6. The molecule has 1 amide bonds. The molecule has 0 fully saturated rings. The highest BCUT2D eigenvalue weighted by atomic mass is 31.1. The predicted octanol–water partition coefficient (Wildman–Crippen LogP) is 5.77. The normalized spacial score (nSPS) is 13.5. The van der Waals surface area contributed by atoms with E-state index in [1.165, 1.54) is 16.2 Å². The molecule has 0 bridgehead atoms. The first-order chi connectivity index (χ1) is 14.3. The van der Waals surface area contributed by atoms with Crippen LogP contribution in [0.25, 0.3) is 0 Å². The maximum Gasteiger partial charge on any atom is 0.407 e. The summed E-state index contributed by atoms with van der Waals surface area (Å²) in [6, 6.07) is 31.5. The Labute approximate surface area is 181 Å². The molecule has 3 aromatic carbocycles. The molecule has 3 rings (SSSR count). The molecule has 2 atom stereocenters. The molecule has 0 heterocycles. The molecular formula is C26H30NO2P. The fourth-order valence-electron chi connectivity index (χ4n) is 3.53. The van der Waals surface area contributed by atoms with Crippen LogP contribution in [0, 0.1) is 0 Å². The number of rotatable bonds is 6. The Hall–Kier alpha value is -2.64. The Bertz CT molecular complexity index is 884. The minimum Gasteiger partial charge on any atom is -0.444 e. The third-order valence-electron chi connectivity index (χ3n) is 4.71. The summed E-state index contributed by atoms with van der Waals surface area (Å²) in [5.74, 6) is 0. The standard InChI is InChI=1S/C26H30NO2P/c1-20(27-25(28)29-26(2,3)4)24(21-14-8-5-9-15-21)30(22-16-10-6-11-17-22)23-18-12-7-13-19-23/h5-20,24H,1-4H3,(H,27,28)/t20-,24+/m0/s1. The van der Waals surface area contributed by atoms with Crippen LogP contribution in [0.1, 0.15) is 38.9 Å². The van der Waals surface area contributed by atoms with Crippen LogP contribution in [0.4, 0.5) is 4.79 Å². The van der Waals surface area contributed by atoms with Crippen molar-refractivity contribution in [2.45, 2.75) is 45.0 Å². The van der Waals surface area contributed by atoms with Gasteiger partial charge in [0.25, 0.3) is 0 Å². The monoisotopic (exact) mass is 419 g/mol. The third kappa shape index (κ3) is 5.93. The minimum absolute atomic E-state index is 0.0959. The average Bonchev–Trinajstić information content (AvgIpc) is 2.72. The molecule has 0 saturated carbocycles. The van der Waals surface area contributed by atoms with E-state index in [2.05, 4.69) is 85.0 Å². The Morgan fingerprint density at radius 1 is 0.800 bits per heavy atom. The molecular weight excluding hydrogens is 389 g/mol. The van der Waals surface area contributed by atoms with E-state index in [-0.39, 0.29) is 17.8 Å². The van der Waals surface area contributed by atoms with E-state index in [9.17, 15) is 4.79 Å². The summed E-state index contributed by atoms with van der Waals surface area (Å²) < 4.78 is 5.54. The first kappa shape index (κ1) is 22.1. The van der Waals surface area contributed by atoms with E-state index in [1.807, 2.05) is 39.0 Å². The maximum atomic E-state index is 12.6. The van der Waals surface area contributed by atoms with Gasteiger partial charge in [-0.15, -0.1) is 0 Å². The van der Waals surface area contributed by atoms with Crippen molar-refractivity contribution in [1.29, 1.82) is 0 Å². The van der Waals surface area contributed by atoms with Crippen molar-refractivity contribution in [1.82, 2.24) is 5.32 Å². The summed E-state index contributed by atoms with van der Waals surface area (Å²) in [6.07, 6.45) is -0.382. The molecule has 0 saturated heterocycles. The molecule has 156 valence electrons. The topological polar surface area (TPSA) is 38.3 Å². The van der Waals surface area contributed by atoms with E-state index in [0.29, 0.717) is 0 Å². The van der Waals surface area contributed by atoms with Gasteiger partial charge in [0, 0.05) is 11.7 Å². The minimum atomic E-state index is -0.764. The van der Waals surface area contributed by atoms with Crippen molar-refractivity contribution in [3.05, 3.63) is 96.6 Å². The summed E-state index contributed by atoms with van der Waals surface area (Å²) in [5, 5.41) is 5.68. The second-order valence-electron chi connectivity index (χ2n) is 8.33. The molecule has 0 aliphatic heterocycles. The zero-order valence-corrected chi connectivity index (χ0v) is 19.0. The zero-order valence-electron chi connectivity index (χ0n) is 18.1. The summed E-state index contributed by atoms with van der Waals surface area (Å²) in [5.41, 5.74) is 0.772. The Morgan fingerprint density at radius 2 is 1.23 bits per heavy atom. The number of alkyl carbamates (subject to hydrolysis) is 1. The molecule has 1 N–H and O–H groups in total. The molecule has 0 radical (unpaired) electrons. The van der Waals surface area contributed by atoms with Crippen LogP contribution in [0.5, 0.6) is 0 Å². The maximum absolute atomic E-state index is 12.6. The lowest BCUT2D eigenvalue weighted by Gasteiger charge is -2.34. The van der Waals surface area contributed by atoms with E-state index >= 15 is 0 Å². The molecule has 0 unspecified atom stereocenters. The van der Waals surface area contributed by atoms with E-state index < -0.39 is 13.5 Å². The van der Waals surface area contributed by atoms with Gasteiger partial charge in [-0.3, -0.25) is 0 Å². The van der Waals surface area contributed by atoms with Crippen molar-refractivity contribution in [3.8, 4) is 0 Å². The highest BCUT2D eigenvalue weighted by Crippen LogP contribution is 2.51. The fraction of sp³-hybridized carbons (Fsp3) is 0.269. The third-order valence-corrected chi connectivity index (χ3v) is 7.72. The van der Waals surface area contributed by atoms with Crippen LogP contribution >= 0.6 is 7.92 Å². The Morgan fingerprint density at radius 3 is 1.67 bits per heavy atom. The molecule has 0 aliphatic carbocycles. The van der Waals surface area contributed by atoms with Crippen molar-refractivity contribution >= 4 is 24.6 Å². The van der Waals surface area contributed by atoms with Gasteiger partial charge in [-0.1, -0.05) is 91.0 Å². The summed E-state index contributed by atoms with van der Waals surface area (Å²) in [6.45, 7) is 7.72. The van der Waals surface area contributed by atoms with Crippen LogP contribution in [0.2, 0.25) is 0 Å². The van der Waals surface area contributed by atoms with E-state index in [1.54, 1.807) is 0 Å². The largest absolute Gasteiger partial charge is 0.444 e. The van der Waals surface area contributed by atoms with Gasteiger partial charge in [-0.25, -0.2) is 4.79 Å². The van der Waals surface area contributed by atoms with Crippen molar-refractivity contribution in [2.24, 2.45) is 0 Å². The molecule has 3 nitrogen and oxygen atoms in total. The summed E-state index contributed by atoms with van der Waals surface area (Å²) in [7, 11) is -0.764. The molecule has 0 aliphatic rings. The number of hydrogen-bond donors (Lipinski definition) is 1. The number of carbonyl (C=O) groups excluding carboxylic acids is 1. The molecule has 30 heavy (non-hydrogen) atoms. The van der Waals surface area contributed by atoms with Crippen molar-refractivity contribution < 1.29 is 9.53 Å². The van der Waals surface area contributed by atoms with Crippen LogP contribution < -0.4 is 15.9 Å². The average molecular weight is 420 g/mol. The van der Waals surface area contributed by atoms with E-state index in [0.717, 1.165) is 0 Å². The predicted molar refractivity (Wildman–Crippen MR) is 127 cm³/mol. The number of ether oxygens (including phenoxy) is 1. The second-order valence-corrected chi connectivity index (χ2v) is 10.7. The van der Waals surface area contributed by atoms with Gasteiger partial charge in [-0.2, -0.15) is 0 Å². The lowest BCUT2D eigenvalue weighted by atomic mass is 10.1. The molecule has 0 aromatic heterocycles. The van der Waals surface area contributed by atoms with E-state index in [4.69, 9.17) is 4.74 Å². The smallest absolute Gasteiger partial charge is 0.407 e. The number of amides is 1. The SMILES string of the molecule is C[C@H](NC(=O)OC(C)(C)C)[C@H](c1ccccc1)P(c1ccccc1)c1ccccc1. The highest BCUT2D eigenvalue weighted by Gasteiger charge is 2.32. The first-order valence-electron chi connectivity index (χ1n) is 10.3. The van der Waals surface area contributed by atoms with Crippen molar-refractivity contribution in [3.63, 3.8) is 0 Å². The highest BCUT2D eigenvalue weighted by molar-refractivity contribution is 7.73. The van der Waals surface area contributed by atoms with Gasteiger partial charge in [0.05, 0.1) is 0 Å². The number of hydrogen-bond acceptors (Lipinski definition) is 2. The van der Waals surface area contributed by atoms with Gasteiger partial charge >= 0.3 is 6.09 Å². The molecule has 3 aromatic rings. The van der Waals surface area contributed by atoms with Crippen LogP contribution in [-0.2, 0) is 4.74 Å². The molecule has 4 heteroatoms. The lowest BCUT2D eigenvalue weighted by molar-refractivity contribution is 0.0507. The Balaban J connectivity index is 2.04. The van der Waals surface area contributed by atoms with Crippen LogP contribution in [0.15, 0.2) is 91.0 Å². The summed E-state index contributed by atoms with van der Waals surface area (Å²) in [4.78, 5) is 12.6.